The minimum atomic E-state index is -1.83. The van der Waals surface area contributed by atoms with E-state index in [1.165, 1.54) is 0 Å². The molecular weight excluding hydrogens is 278 g/mol. The second kappa shape index (κ2) is 96.6. The molecule has 0 amide bonds. The first-order valence-corrected chi connectivity index (χ1v) is 1.90. The number of carboxylic acid groups (broad SMARTS) is 4. The molecule has 0 aliphatic carbocycles. The molecule has 13 nitrogen and oxygen atoms in total. The van der Waals surface area contributed by atoms with E-state index in [-0.39, 0.29) is 64.6 Å². The first-order chi connectivity index (χ1) is 6.46. The standard InChI is InChI=1S/2CH2O3.2Na.3H2O2.H2O.2H/c2*2-1(3)4;;;3*1-2;;;/h2*(H2,2,3,4);;;3*1-2H;1H2;;. The van der Waals surface area contributed by atoms with Crippen LogP contribution >= 0.6 is 0 Å². The van der Waals surface area contributed by atoms with E-state index in [0.29, 0.717) is 0 Å². The fourth-order valence-electron chi connectivity index (χ4n) is 0. The molecule has 17 heavy (non-hydrogen) atoms. The van der Waals surface area contributed by atoms with Crippen LogP contribution in [-0.2, 0) is 0 Å². The molecule has 0 aliphatic heterocycles. The Hall–Kier alpha value is 0.260. The van der Waals surface area contributed by atoms with Gasteiger partial charge in [-0.25, -0.2) is 9.59 Å². The molecule has 102 valence electrons. The van der Waals surface area contributed by atoms with Crippen LogP contribution < -0.4 is 0 Å². The van der Waals surface area contributed by atoms with Crippen LogP contribution in [0.1, 0.15) is 0 Å². The van der Waals surface area contributed by atoms with Crippen molar-refractivity contribution in [2.75, 3.05) is 0 Å². The van der Waals surface area contributed by atoms with Crippen LogP contribution in [0.25, 0.3) is 0 Å². The zero-order chi connectivity index (χ0) is 13.2. The number of carbonyl (C=O) groups is 2. The maximum absolute atomic E-state index is 8.56. The van der Waals surface area contributed by atoms with Crippen molar-refractivity contribution in [2.45, 2.75) is 0 Å². The maximum atomic E-state index is 8.56. The van der Waals surface area contributed by atoms with Crippen molar-refractivity contribution in [3.8, 4) is 0 Å². The van der Waals surface area contributed by atoms with Crippen molar-refractivity contribution < 1.29 is 67.0 Å². The first kappa shape index (κ1) is 53.2. The predicted octanol–water partition coefficient (Wildman–Crippen LogP) is -1.62. The molecule has 0 radical (unpaired) electrons. The van der Waals surface area contributed by atoms with E-state index in [1.54, 1.807) is 0 Å². The van der Waals surface area contributed by atoms with Crippen LogP contribution in [-0.4, -0.2) is 129 Å². The molecule has 0 unspecified atom stereocenters. The molecule has 0 aromatic rings. The second-order valence-corrected chi connectivity index (χ2v) is 0.565. The summed E-state index contributed by atoms with van der Waals surface area (Å²) in [5.74, 6) is 0. The van der Waals surface area contributed by atoms with Crippen molar-refractivity contribution in [3.05, 3.63) is 0 Å². The summed E-state index contributed by atoms with van der Waals surface area (Å²) in [5.41, 5.74) is 0. The van der Waals surface area contributed by atoms with E-state index in [2.05, 4.69) is 0 Å². The van der Waals surface area contributed by atoms with Gasteiger partial charge in [-0.15, -0.1) is 0 Å². The molecule has 0 bridgehead atoms. The van der Waals surface area contributed by atoms with Crippen molar-refractivity contribution in [1.82, 2.24) is 0 Å². The van der Waals surface area contributed by atoms with E-state index in [4.69, 9.17) is 61.6 Å². The van der Waals surface area contributed by atoms with Gasteiger partial charge in [0.1, 0.15) is 0 Å². The summed E-state index contributed by atoms with van der Waals surface area (Å²) >= 11 is 0. The second-order valence-electron chi connectivity index (χ2n) is 0.565. The fraction of sp³-hybridized carbons (Fsp3) is 0. The van der Waals surface area contributed by atoms with Gasteiger partial charge in [-0.2, -0.15) is 0 Å². The third-order valence-corrected chi connectivity index (χ3v) is 0. The Morgan fingerprint density at radius 2 is 0.529 bits per heavy atom. The van der Waals surface area contributed by atoms with Gasteiger partial charge >= 0.3 is 71.4 Å². The summed E-state index contributed by atoms with van der Waals surface area (Å²) in [7, 11) is 0. The van der Waals surface area contributed by atoms with E-state index >= 15 is 0 Å². The topological polar surface area (TPSA) is 268 Å². The first-order valence-electron chi connectivity index (χ1n) is 1.90. The van der Waals surface area contributed by atoms with E-state index < -0.39 is 12.3 Å². The SMILES string of the molecule is O.O=C(O)O.O=C(O)O.OO.OO.OO.[NaH].[NaH]. The normalized spacial score (nSPS) is 3.88. The predicted molar refractivity (Wildman–Crippen MR) is 55.0 cm³/mol. The molecule has 0 spiro atoms. The monoisotopic (exact) mass is 292 g/mol. The Bertz CT molecular complexity index is 75.4. The molecule has 0 saturated heterocycles. The Labute approximate surface area is 137 Å². The third kappa shape index (κ3) is 48900. The average Bonchev–Trinajstić information content (AvgIpc) is 2.12. The van der Waals surface area contributed by atoms with Crippen LogP contribution in [0, 0.1) is 0 Å². The summed E-state index contributed by atoms with van der Waals surface area (Å²) in [6.45, 7) is 0. The zero-order valence-corrected chi connectivity index (χ0v) is 6.79. The van der Waals surface area contributed by atoms with Crippen molar-refractivity contribution in [3.63, 3.8) is 0 Å². The molecular formula is C2H14Na2O13. The van der Waals surface area contributed by atoms with Crippen molar-refractivity contribution in [1.29, 1.82) is 0 Å². The molecule has 0 heterocycles. The number of hydrogen-bond donors (Lipinski definition) is 10. The number of hydrogen-bond acceptors (Lipinski definition) is 8. The third-order valence-electron chi connectivity index (χ3n) is 0. The molecule has 0 aromatic carbocycles. The van der Waals surface area contributed by atoms with E-state index in [9.17, 15) is 0 Å². The van der Waals surface area contributed by atoms with Crippen LogP contribution in [0.5, 0.6) is 0 Å². The molecule has 12 N–H and O–H groups in total. The van der Waals surface area contributed by atoms with Gasteiger partial charge in [0.25, 0.3) is 0 Å². The molecule has 0 fully saturated rings. The zero-order valence-electron chi connectivity index (χ0n) is 6.79. The summed E-state index contributed by atoms with van der Waals surface area (Å²) in [6.07, 6.45) is -3.67. The van der Waals surface area contributed by atoms with Gasteiger partial charge in [0.05, 0.1) is 0 Å². The van der Waals surface area contributed by atoms with Gasteiger partial charge < -0.3 is 25.9 Å². The van der Waals surface area contributed by atoms with E-state index in [0.717, 1.165) is 0 Å². The summed E-state index contributed by atoms with van der Waals surface area (Å²) in [6, 6.07) is 0. The van der Waals surface area contributed by atoms with Gasteiger partial charge in [-0.1, -0.05) is 0 Å². The Morgan fingerprint density at radius 3 is 0.529 bits per heavy atom. The van der Waals surface area contributed by atoms with Crippen LogP contribution in [0.2, 0.25) is 0 Å². The molecule has 0 aliphatic rings. The van der Waals surface area contributed by atoms with Crippen LogP contribution in [0.15, 0.2) is 0 Å². The summed E-state index contributed by atoms with van der Waals surface area (Å²) < 4.78 is 0. The summed E-state index contributed by atoms with van der Waals surface area (Å²) in [4.78, 5) is 17.1. The summed E-state index contributed by atoms with van der Waals surface area (Å²) in [5, 5.41) is 63.9. The Kier molecular flexibility index (Phi) is 302. The molecule has 0 rings (SSSR count). The van der Waals surface area contributed by atoms with E-state index in [1.807, 2.05) is 0 Å². The van der Waals surface area contributed by atoms with Gasteiger partial charge in [0, 0.05) is 0 Å². The molecule has 0 atom stereocenters. The van der Waals surface area contributed by atoms with Gasteiger partial charge in [0.2, 0.25) is 0 Å². The van der Waals surface area contributed by atoms with Gasteiger partial charge in [0.15, 0.2) is 0 Å². The van der Waals surface area contributed by atoms with Gasteiger partial charge in [-0.05, 0) is 0 Å². The quantitative estimate of drug-likeness (QED) is 0.137. The van der Waals surface area contributed by atoms with Crippen LogP contribution in [0.4, 0.5) is 9.59 Å². The Balaban J connectivity index is -0.00000000992. The van der Waals surface area contributed by atoms with Crippen molar-refractivity contribution >= 4 is 71.4 Å². The minimum absolute atomic E-state index is 0. The van der Waals surface area contributed by atoms with Crippen LogP contribution in [0.3, 0.4) is 0 Å². The average molecular weight is 292 g/mol. The number of rotatable bonds is 0. The molecule has 15 heteroatoms. The molecule has 0 aromatic heterocycles. The Morgan fingerprint density at radius 1 is 0.529 bits per heavy atom. The van der Waals surface area contributed by atoms with Crippen molar-refractivity contribution in [2.24, 2.45) is 0 Å². The van der Waals surface area contributed by atoms with Gasteiger partial charge in [-0.3, -0.25) is 31.5 Å². The fourth-order valence-corrected chi connectivity index (χ4v) is 0. The molecule has 0 saturated carbocycles.